The second-order valence-corrected chi connectivity index (χ2v) is 20.7. The number of hydrogen-bond acceptors (Lipinski definition) is 10. The van der Waals surface area contributed by atoms with E-state index in [-0.39, 0.29) is 6.42 Å². The molecule has 9 atom stereocenters. The fraction of sp³-hybridized carbons (Fsp3) is 0.914. The summed E-state index contributed by atoms with van der Waals surface area (Å²) in [6.07, 6.45) is 45.7. The number of aliphatic hydroxyl groups is 7. The fourth-order valence-corrected chi connectivity index (χ4v) is 9.49. The van der Waals surface area contributed by atoms with E-state index < -0.39 is 74.2 Å². The van der Waals surface area contributed by atoms with Gasteiger partial charge in [0.1, 0.15) is 36.6 Å². The topological polar surface area (TPSA) is 189 Å². The van der Waals surface area contributed by atoms with Crippen LogP contribution in [-0.4, -0.2) is 110 Å². The van der Waals surface area contributed by atoms with Crippen LogP contribution < -0.4 is 5.32 Å². The van der Waals surface area contributed by atoms with Crippen LogP contribution in [0.15, 0.2) is 24.3 Å². The minimum Gasteiger partial charge on any atom is -0.394 e. The van der Waals surface area contributed by atoms with Crippen LogP contribution in [0.4, 0.5) is 0 Å². The standard InChI is InChI=1S/C58H111NO10/c1-3-5-7-9-11-13-15-17-18-19-20-21-22-23-24-25-26-27-28-29-30-31-32-33-34-36-37-39-41-43-45-50(61)53(63)49(48-68-58-56(66)55(65)54(64)52(47-60)69-58)59-57(67)51(62)46-44-42-40-38-35-16-14-12-10-8-6-4-2/h35,38,42,44,49-56,58,60-66H,3-34,36-37,39-41,43,45-48H2,1-2H3,(H,59,67)/b38-35-,44-42-. The molecule has 408 valence electrons. The highest BCUT2D eigenvalue weighted by atomic mass is 16.7. The van der Waals surface area contributed by atoms with Crippen LogP contribution in [0.5, 0.6) is 0 Å². The number of hydrogen-bond donors (Lipinski definition) is 8. The Hall–Kier alpha value is -1.41. The summed E-state index contributed by atoms with van der Waals surface area (Å²) in [5, 5.41) is 75.8. The van der Waals surface area contributed by atoms with Gasteiger partial charge in [-0.05, 0) is 25.7 Å². The third kappa shape index (κ3) is 36.2. The van der Waals surface area contributed by atoms with Gasteiger partial charge < -0.3 is 50.5 Å². The predicted molar refractivity (Wildman–Crippen MR) is 284 cm³/mol. The molecule has 1 heterocycles. The highest BCUT2D eigenvalue weighted by Gasteiger charge is 2.44. The summed E-state index contributed by atoms with van der Waals surface area (Å²) in [6, 6.07) is -1.20. The molecule has 0 radical (unpaired) electrons. The molecule has 1 saturated heterocycles. The summed E-state index contributed by atoms with van der Waals surface area (Å²) < 4.78 is 11.1. The fourth-order valence-electron chi connectivity index (χ4n) is 9.49. The van der Waals surface area contributed by atoms with Gasteiger partial charge in [0.15, 0.2) is 6.29 Å². The number of ether oxygens (including phenoxy) is 2. The number of amides is 1. The summed E-state index contributed by atoms with van der Waals surface area (Å²) in [5.74, 6) is -0.761. The summed E-state index contributed by atoms with van der Waals surface area (Å²) in [4.78, 5) is 13.1. The van der Waals surface area contributed by atoms with Gasteiger partial charge in [0.05, 0.1) is 25.4 Å². The molecule has 1 rings (SSSR count). The van der Waals surface area contributed by atoms with Crippen molar-refractivity contribution in [3.63, 3.8) is 0 Å². The van der Waals surface area contributed by atoms with Crippen LogP contribution in [0.25, 0.3) is 0 Å². The normalized spacial score (nSPS) is 20.5. The smallest absolute Gasteiger partial charge is 0.249 e. The van der Waals surface area contributed by atoms with Crippen molar-refractivity contribution in [1.29, 1.82) is 0 Å². The second kappa shape index (κ2) is 47.6. The first kappa shape index (κ1) is 65.6. The highest BCUT2D eigenvalue weighted by Crippen LogP contribution is 2.23. The van der Waals surface area contributed by atoms with Crippen molar-refractivity contribution in [2.24, 2.45) is 0 Å². The number of allylic oxidation sites excluding steroid dienone is 3. The van der Waals surface area contributed by atoms with E-state index in [2.05, 4.69) is 31.3 Å². The average molecular weight is 983 g/mol. The average Bonchev–Trinajstić information content (AvgIpc) is 3.35. The maximum absolute atomic E-state index is 13.1. The van der Waals surface area contributed by atoms with E-state index in [4.69, 9.17) is 9.47 Å². The third-order valence-electron chi connectivity index (χ3n) is 14.3. The molecule has 11 nitrogen and oxygen atoms in total. The lowest BCUT2D eigenvalue weighted by Gasteiger charge is -2.40. The Morgan fingerprint density at radius 2 is 0.913 bits per heavy atom. The lowest BCUT2D eigenvalue weighted by Crippen LogP contribution is -2.60. The molecule has 0 aromatic heterocycles. The van der Waals surface area contributed by atoms with Crippen LogP contribution in [-0.2, 0) is 14.3 Å². The van der Waals surface area contributed by atoms with E-state index in [0.717, 1.165) is 25.7 Å². The van der Waals surface area contributed by atoms with E-state index in [0.29, 0.717) is 19.3 Å². The first-order chi connectivity index (χ1) is 33.7. The Morgan fingerprint density at radius 3 is 1.33 bits per heavy atom. The lowest BCUT2D eigenvalue weighted by molar-refractivity contribution is -0.303. The molecule has 1 amide bonds. The molecule has 0 spiro atoms. The molecule has 8 N–H and O–H groups in total. The van der Waals surface area contributed by atoms with Crippen LogP contribution in [0.2, 0.25) is 0 Å². The van der Waals surface area contributed by atoms with Crippen molar-refractivity contribution in [2.45, 2.75) is 326 Å². The number of nitrogens with one attached hydrogen (secondary N) is 1. The number of rotatable bonds is 50. The van der Waals surface area contributed by atoms with E-state index in [1.54, 1.807) is 6.08 Å². The van der Waals surface area contributed by atoms with Gasteiger partial charge in [-0.3, -0.25) is 4.79 Å². The Morgan fingerprint density at radius 1 is 0.522 bits per heavy atom. The Bertz CT molecular complexity index is 1170. The molecule has 1 aliphatic rings. The third-order valence-corrected chi connectivity index (χ3v) is 14.3. The summed E-state index contributed by atoms with van der Waals surface area (Å²) >= 11 is 0. The molecule has 9 unspecified atom stereocenters. The maximum atomic E-state index is 13.1. The molecule has 1 fully saturated rings. The molecule has 11 heteroatoms. The van der Waals surface area contributed by atoms with E-state index in [1.165, 1.54) is 205 Å². The molecule has 0 bridgehead atoms. The zero-order valence-corrected chi connectivity index (χ0v) is 44.6. The predicted octanol–water partition coefficient (Wildman–Crippen LogP) is 12.1. The first-order valence-electron chi connectivity index (χ1n) is 29.2. The van der Waals surface area contributed by atoms with E-state index >= 15 is 0 Å². The zero-order chi connectivity index (χ0) is 50.4. The number of carbonyl (C=O) groups excluding carboxylic acids is 1. The van der Waals surface area contributed by atoms with Crippen LogP contribution in [0.1, 0.15) is 271 Å². The van der Waals surface area contributed by atoms with Gasteiger partial charge in [-0.2, -0.15) is 0 Å². The zero-order valence-electron chi connectivity index (χ0n) is 44.6. The van der Waals surface area contributed by atoms with Gasteiger partial charge in [-0.1, -0.05) is 263 Å². The molecular formula is C58H111NO10. The summed E-state index contributed by atoms with van der Waals surface area (Å²) in [6.45, 7) is 3.42. The second-order valence-electron chi connectivity index (χ2n) is 20.7. The van der Waals surface area contributed by atoms with Crippen molar-refractivity contribution in [3.8, 4) is 0 Å². The van der Waals surface area contributed by atoms with E-state index in [1.807, 2.05) is 6.08 Å². The van der Waals surface area contributed by atoms with Gasteiger partial charge in [-0.25, -0.2) is 0 Å². The van der Waals surface area contributed by atoms with Crippen LogP contribution in [0, 0.1) is 0 Å². The van der Waals surface area contributed by atoms with Gasteiger partial charge in [-0.15, -0.1) is 0 Å². The monoisotopic (exact) mass is 982 g/mol. The van der Waals surface area contributed by atoms with Crippen LogP contribution in [0.3, 0.4) is 0 Å². The van der Waals surface area contributed by atoms with Crippen molar-refractivity contribution in [2.75, 3.05) is 13.2 Å². The van der Waals surface area contributed by atoms with Crippen LogP contribution >= 0.6 is 0 Å². The van der Waals surface area contributed by atoms with Gasteiger partial charge in [0.2, 0.25) is 5.91 Å². The van der Waals surface area contributed by atoms with Crippen molar-refractivity contribution < 1.29 is 50.0 Å². The quantitative estimate of drug-likeness (QED) is 0.0215. The molecule has 0 aromatic carbocycles. The number of carbonyl (C=O) groups is 1. The van der Waals surface area contributed by atoms with Gasteiger partial charge >= 0.3 is 0 Å². The van der Waals surface area contributed by atoms with Crippen molar-refractivity contribution in [3.05, 3.63) is 24.3 Å². The molecule has 1 aliphatic heterocycles. The largest absolute Gasteiger partial charge is 0.394 e. The number of unbranched alkanes of at least 4 members (excludes halogenated alkanes) is 35. The van der Waals surface area contributed by atoms with Crippen molar-refractivity contribution in [1.82, 2.24) is 5.32 Å². The maximum Gasteiger partial charge on any atom is 0.249 e. The molecule has 0 saturated carbocycles. The minimum atomic E-state index is -1.67. The Balaban J connectivity index is 2.23. The summed E-state index contributed by atoms with van der Waals surface area (Å²) in [7, 11) is 0. The summed E-state index contributed by atoms with van der Waals surface area (Å²) in [5.41, 5.74) is 0. The molecule has 69 heavy (non-hydrogen) atoms. The number of aliphatic hydroxyl groups excluding tert-OH is 7. The van der Waals surface area contributed by atoms with Gasteiger partial charge in [0, 0.05) is 6.42 Å². The highest BCUT2D eigenvalue weighted by molar-refractivity contribution is 5.81. The Labute approximate surface area is 423 Å². The molecule has 0 aliphatic carbocycles. The minimum absolute atomic E-state index is 0.0513. The van der Waals surface area contributed by atoms with Gasteiger partial charge in [0.25, 0.3) is 0 Å². The Kier molecular flexibility index (Phi) is 45.2. The SMILES string of the molecule is CCCCCCCC/C=C\C/C=C\CC(O)C(=O)NC(COC1OC(CO)C(O)C(O)C1O)C(O)C(O)CCCCCCCCCCCCCCCCCCCCCCCCCCCCCCCC. The molecule has 0 aromatic rings. The lowest BCUT2D eigenvalue weighted by atomic mass is 9.98. The molecular weight excluding hydrogens is 871 g/mol. The van der Waals surface area contributed by atoms with Crippen molar-refractivity contribution >= 4 is 5.91 Å². The first-order valence-corrected chi connectivity index (χ1v) is 29.2. The van der Waals surface area contributed by atoms with E-state index in [9.17, 15) is 40.5 Å².